The van der Waals surface area contributed by atoms with Gasteiger partial charge < -0.3 is 23.5 Å². The lowest BCUT2D eigenvalue weighted by Crippen LogP contribution is -2.16. The first kappa shape index (κ1) is 37.9. The van der Waals surface area contributed by atoms with E-state index >= 15 is 0 Å². The van der Waals surface area contributed by atoms with Crippen LogP contribution in [0.15, 0.2) is 258 Å². The number of rotatable bonds is 10. The Kier molecular flexibility index (Phi) is 9.42. The summed E-state index contributed by atoms with van der Waals surface area (Å²) < 4.78 is 12.8. The summed E-state index contributed by atoms with van der Waals surface area (Å²) in [6.07, 6.45) is 0. The van der Waals surface area contributed by atoms with Crippen molar-refractivity contribution in [2.24, 2.45) is 0 Å². The van der Waals surface area contributed by atoms with E-state index in [1.807, 2.05) is 24.3 Å². The molecule has 10 aromatic carbocycles. The Labute approximate surface area is 376 Å². The molecule has 65 heavy (non-hydrogen) atoms. The second kappa shape index (κ2) is 16.2. The van der Waals surface area contributed by atoms with Crippen molar-refractivity contribution in [2.75, 3.05) is 14.7 Å². The maximum Gasteiger partial charge on any atom is 0.143 e. The molecule has 12 rings (SSSR count). The van der Waals surface area contributed by atoms with Crippen LogP contribution in [0.5, 0.6) is 0 Å². The topological polar surface area (TPSA) is 36.0 Å². The SMILES string of the molecule is c1ccc(N(c2ccccc2)c2cc(N(c3ccccc3)c3ccc(-c4cccc5c4oc4ccccc45)cc3)cc(N(c3ccccc3)c3ccc4oc5ccccc5c4c3)c2)cc1. The normalized spacial score (nSPS) is 11.4. The Hall–Kier alpha value is -8.80. The third-order valence-corrected chi connectivity index (χ3v) is 12.2. The van der Waals surface area contributed by atoms with Gasteiger partial charge in [-0.1, -0.05) is 140 Å². The van der Waals surface area contributed by atoms with Crippen molar-refractivity contribution in [2.45, 2.75) is 0 Å². The summed E-state index contributed by atoms with van der Waals surface area (Å²) in [5.74, 6) is 0. The molecule has 0 aliphatic heterocycles. The summed E-state index contributed by atoms with van der Waals surface area (Å²) in [7, 11) is 0. The molecule has 5 heteroatoms. The van der Waals surface area contributed by atoms with Crippen molar-refractivity contribution in [3.63, 3.8) is 0 Å². The Balaban J connectivity index is 1.08. The Morgan fingerprint density at radius 3 is 1.14 bits per heavy atom. The summed E-state index contributed by atoms with van der Waals surface area (Å²) in [6, 6.07) is 87.6. The monoisotopic (exact) mass is 835 g/mol. The number of hydrogen-bond donors (Lipinski definition) is 0. The fourth-order valence-electron chi connectivity index (χ4n) is 9.23. The Morgan fingerprint density at radius 1 is 0.231 bits per heavy atom. The maximum atomic E-state index is 6.49. The highest BCUT2D eigenvalue weighted by atomic mass is 16.3. The molecule has 0 fully saturated rings. The van der Waals surface area contributed by atoms with Gasteiger partial charge in [-0.3, -0.25) is 0 Å². The zero-order valence-electron chi connectivity index (χ0n) is 35.3. The second-order valence-corrected chi connectivity index (χ2v) is 16.2. The van der Waals surface area contributed by atoms with Crippen LogP contribution in [0.2, 0.25) is 0 Å². The van der Waals surface area contributed by atoms with E-state index in [1.165, 1.54) is 0 Å². The van der Waals surface area contributed by atoms with E-state index < -0.39 is 0 Å². The molecule has 0 aliphatic rings. The largest absolute Gasteiger partial charge is 0.456 e. The maximum absolute atomic E-state index is 6.49. The minimum atomic E-state index is 0.854. The smallest absolute Gasteiger partial charge is 0.143 e. The first-order chi connectivity index (χ1) is 32.2. The Bertz CT molecular complexity index is 3560. The number of para-hydroxylation sites is 7. The lowest BCUT2D eigenvalue weighted by atomic mass is 10.0. The lowest BCUT2D eigenvalue weighted by molar-refractivity contribution is 0.669. The lowest BCUT2D eigenvalue weighted by Gasteiger charge is -2.33. The van der Waals surface area contributed by atoms with Gasteiger partial charge in [0.15, 0.2) is 0 Å². The van der Waals surface area contributed by atoms with Gasteiger partial charge in [-0.05, 0) is 115 Å². The van der Waals surface area contributed by atoms with E-state index in [2.05, 4.69) is 239 Å². The fourth-order valence-corrected chi connectivity index (χ4v) is 9.23. The number of benzene rings is 10. The number of hydrogen-bond acceptors (Lipinski definition) is 5. The van der Waals surface area contributed by atoms with E-state index in [1.54, 1.807) is 0 Å². The van der Waals surface area contributed by atoms with Crippen LogP contribution in [-0.2, 0) is 0 Å². The summed E-state index contributed by atoms with van der Waals surface area (Å²) in [6.45, 7) is 0. The standard InChI is InChI=1S/C60H41N3O2/c1-5-18-43(19-6-1)61(44-20-7-2-8-21-44)49-38-50(40-51(39-49)63(46-24-11-4-12-25-46)48-36-37-59-56(41-48)54-27-14-15-30-57(54)64-59)62(45-22-9-3-10-23-45)47-34-32-42(33-35-47)52-28-17-29-55-53-26-13-16-31-58(53)65-60(52)55/h1-41H. The molecule has 0 bridgehead atoms. The average Bonchev–Trinajstić information content (AvgIpc) is 3.94. The van der Waals surface area contributed by atoms with Crippen molar-refractivity contribution < 1.29 is 8.83 Å². The van der Waals surface area contributed by atoms with E-state index in [9.17, 15) is 0 Å². The minimum absolute atomic E-state index is 0.854. The van der Waals surface area contributed by atoms with E-state index in [4.69, 9.17) is 8.83 Å². The van der Waals surface area contributed by atoms with E-state index in [0.29, 0.717) is 0 Å². The molecule has 0 saturated carbocycles. The summed E-state index contributed by atoms with van der Waals surface area (Å²) in [5, 5.41) is 4.38. The van der Waals surface area contributed by atoms with Crippen LogP contribution in [0.4, 0.5) is 51.2 Å². The first-order valence-electron chi connectivity index (χ1n) is 21.9. The predicted octanol–water partition coefficient (Wildman–Crippen LogP) is 17.6. The molecule has 0 unspecified atom stereocenters. The summed E-state index contributed by atoms with van der Waals surface area (Å²) in [5.41, 5.74) is 14.8. The minimum Gasteiger partial charge on any atom is -0.456 e. The van der Waals surface area contributed by atoms with Gasteiger partial charge in [0, 0.05) is 61.2 Å². The number of furan rings is 2. The molecular formula is C60H41N3O2. The molecule has 5 nitrogen and oxygen atoms in total. The van der Waals surface area contributed by atoms with Gasteiger partial charge in [-0.25, -0.2) is 0 Å². The molecular weight excluding hydrogens is 795 g/mol. The van der Waals surface area contributed by atoms with Gasteiger partial charge in [-0.2, -0.15) is 0 Å². The van der Waals surface area contributed by atoms with Crippen LogP contribution in [0.1, 0.15) is 0 Å². The molecule has 12 aromatic rings. The first-order valence-corrected chi connectivity index (χ1v) is 21.9. The highest BCUT2D eigenvalue weighted by molar-refractivity contribution is 6.10. The zero-order valence-corrected chi connectivity index (χ0v) is 35.3. The van der Waals surface area contributed by atoms with Gasteiger partial charge in [0.05, 0.1) is 17.1 Å². The molecule has 0 radical (unpaired) electrons. The van der Waals surface area contributed by atoms with Crippen molar-refractivity contribution in [1.82, 2.24) is 0 Å². The summed E-state index contributed by atoms with van der Waals surface area (Å²) in [4.78, 5) is 7.04. The van der Waals surface area contributed by atoms with Crippen molar-refractivity contribution in [3.05, 3.63) is 249 Å². The fraction of sp³-hybridized carbons (Fsp3) is 0. The van der Waals surface area contributed by atoms with Gasteiger partial charge in [0.1, 0.15) is 22.3 Å². The third kappa shape index (κ3) is 6.93. The number of fused-ring (bicyclic) bond motifs is 6. The molecule has 308 valence electrons. The number of nitrogens with zero attached hydrogens (tertiary/aromatic N) is 3. The van der Waals surface area contributed by atoms with Crippen LogP contribution in [0, 0.1) is 0 Å². The second-order valence-electron chi connectivity index (χ2n) is 16.2. The zero-order chi connectivity index (χ0) is 43.1. The van der Waals surface area contributed by atoms with Crippen molar-refractivity contribution in [3.8, 4) is 11.1 Å². The van der Waals surface area contributed by atoms with Crippen LogP contribution in [-0.4, -0.2) is 0 Å². The molecule has 0 saturated heterocycles. The third-order valence-electron chi connectivity index (χ3n) is 12.2. The average molecular weight is 836 g/mol. The molecule has 0 spiro atoms. The van der Waals surface area contributed by atoms with Gasteiger partial charge in [-0.15, -0.1) is 0 Å². The highest BCUT2D eigenvalue weighted by Crippen LogP contribution is 2.47. The quantitative estimate of drug-likeness (QED) is 0.137. The molecule has 0 aliphatic carbocycles. The van der Waals surface area contributed by atoms with E-state index in [0.717, 1.165) is 106 Å². The van der Waals surface area contributed by atoms with E-state index in [-0.39, 0.29) is 0 Å². The number of anilines is 9. The van der Waals surface area contributed by atoms with Crippen molar-refractivity contribution >= 4 is 95.1 Å². The highest BCUT2D eigenvalue weighted by Gasteiger charge is 2.23. The van der Waals surface area contributed by atoms with Crippen molar-refractivity contribution in [1.29, 1.82) is 0 Å². The van der Waals surface area contributed by atoms with Crippen LogP contribution >= 0.6 is 0 Å². The van der Waals surface area contributed by atoms with Crippen LogP contribution in [0.3, 0.4) is 0 Å². The molecule has 2 aromatic heterocycles. The molecule has 0 amide bonds. The van der Waals surface area contributed by atoms with Crippen LogP contribution in [0.25, 0.3) is 55.0 Å². The predicted molar refractivity (Wildman–Crippen MR) is 270 cm³/mol. The van der Waals surface area contributed by atoms with Gasteiger partial charge >= 0.3 is 0 Å². The molecule has 0 N–H and O–H groups in total. The molecule has 0 atom stereocenters. The van der Waals surface area contributed by atoms with Gasteiger partial charge in [0.2, 0.25) is 0 Å². The van der Waals surface area contributed by atoms with Crippen LogP contribution < -0.4 is 14.7 Å². The van der Waals surface area contributed by atoms with Gasteiger partial charge in [0.25, 0.3) is 0 Å². The molecule has 2 heterocycles. The Morgan fingerprint density at radius 2 is 0.615 bits per heavy atom. The summed E-state index contributed by atoms with van der Waals surface area (Å²) >= 11 is 0.